The molecule has 2 N–H and O–H groups in total. The Hall–Kier alpha value is -0.300. The zero-order chi connectivity index (χ0) is 14.4. The molecule has 0 fully saturated rings. The topological polar surface area (TPSA) is 42.5 Å². The Morgan fingerprint density at radius 3 is 2.32 bits per heavy atom. The summed E-state index contributed by atoms with van der Waals surface area (Å²) in [6, 6.07) is 3.15. The molecule has 0 aromatic heterocycles. The molecule has 0 bridgehead atoms. The van der Waals surface area contributed by atoms with E-state index in [0.29, 0.717) is 32.4 Å². The zero-order valence-corrected chi connectivity index (χ0v) is 13.4. The van der Waals surface area contributed by atoms with Crippen molar-refractivity contribution < 1.29 is 9.47 Å². The summed E-state index contributed by atoms with van der Waals surface area (Å²) in [5.41, 5.74) is 0.569. The zero-order valence-electron chi connectivity index (χ0n) is 10.3. The highest BCUT2D eigenvalue weighted by molar-refractivity contribution is 7.80. The lowest BCUT2D eigenvalue weighted by Crippen LogP contribution is -2.36. The first kappa shape index (κ1) is 16.8. The van der Waals surface area contributed by atoms with Gasteiger partial charge in [-0.05, 0) is 24.4 Å². The van der Waals surface area contributed by atoms with Gasteiger partial charge in [-0.25, -0.2) is 0 Å². The molecule has 0 aliphatic rings. The molecule has 0 saturated carbocycles. The number of hydrogen-bond acceptors (Lipinski definition) is 3. The summed E-state index contributed by atoms with van der Waals surface area (Å²) in [6.07, 6.45) is -0.385. The van der Waals surface area contributed by atoms with E-state index in [2.05, 4.69) is 10.6 Å². The molecule has 0 atom stereocenters. The number of thiocarbonyl (C=S) groups is 1. The fraction of sp³-hybridized carbons (Fsp3) is 0.364. The molecular weight excluding hydrogens is 331 g/mol. The monoisotopic (exact) mass is 342 g/mol. The van der Waals surface area contributed by atoms with Gasteiger partial charge < -0.3 is 20.1 Å². The van der Waals surface area contributed by atoms with E-state index in [4.69, 9.17) is 56.5 Å². The standard InChI is InChI=1S/C11H13Cl3N2O2S/c1-17-10(18-2)5-15-11(19)16-9-4-7(13)6(12)3-8(9)14/h3-4,10H,5H2,1-2H3,(H2,15,16,19). The van der Waals surface area contributed by atoms with Crippen LogP contribution in [0.5, 0.6) is 0 Å². The van der Waals surface area contributed by atoms with Gasteiger partial charge in [0.2, 0.25) is 0 Å². The Morgan fingerprint density at radius 1 is 1.16 bits per heavy atom. The molecule has 0 saturated heterocycles. The van der Waals surface area contributed by atoms with Gasteiger partial charge in [-0.1, -0.05) is 34.8 Å². The van der Waals surface area contributed by atoms with Crippen LogP contribution in [0.1, 0.15) is 0 Å². The summed E-state index contributed by atoms with van der Waals surface area (Å²) in [6.45, 7) is 0.401. The number of anilines is 1. The Morgan fingerprint density at radius 2 is 1.74 bits per heavy atom. The van der Waals surface area contributed by atoms with E-state index in [1.807, 2.05) is 0 Å². The average Bonchev–Trinajstić information content (AvgIpc) is 2.37. The molecule has 1 rings (SSSR count). The van der Waals surface area contributed by atoms with Crippen LogP contribution in [0.15, 0.2) is 12.1 Å². The second-order valence-electron chi connectivity index (χ2n) is 3.48. The van der Waals surface area contributed by atoms with Gasteiger partial charge in [0.1, 0.15) is 0 Å². The van der Waals surface area contributed by atoms with Gasteiger partial charge in [-0.15, -0.1) is 0 Å². The number of benzene rings is 1. The van der Waals surface area contributed by atoms with Crippen molar-refractivity contribution >= 4 is 57.8 Å². The van der Waals surface area contributed by atoms with Crippen LogP contribution in [-0.2, 0) is 9.47 Å². The Kier molecular flexibility index (Phi) is 7.13. The molecule has 0 heterocycles. The molecule has 4 nitrogen and oxygen atoms in total. The highest BCUT2D eigenvalue weighted by Crippen LogP contribution is 2.32. The number of ether oxygens (including phenoxy) is 2. The van der Waals surface area contributed by atoms with Crippen LogP contribution in [0, 0.1) is 0 Å². The number of methoxy groups -OCH3 is 2. The van der Waals surface area contributed by atoms with Crippen molar-refractivity contribution in [3.8, 4) is 0 Å². The minimum absolute atomic E-state index is 0.374. The maximum absolute atomic E-state index is 6.02. The summed E-state index contributed by atoms with van der Waals surface area (Å²) >= 11 is 22.9. The minimum Gasteiger partial charge on any atom is -0.357 e. The molecule has 19 heavy (non-hydrogen) atoms. The van der Waals surface area contributed by atoms with Gasteiger partial charge in [0.15, 0.2) is 11.4 Å². The predicted molar refractivity (Wildman–Crippen MR) is 83.5 cm³/mol. The number of rotatable bonds is 5. The fourth-order valence-electron chi connectivity index (χ4n) is 1.22. The van der Waals surface area contributed by atoms with Crippen LogP contribution in [0.4, 0.5) is 5.69 Å². The Labute approximate surface area is 132 Å². The van der Waals surface area contributed by atoms with E-state index in [9.17, 15) is 0 Å². The molecule has 0 radical (unpaired) electrons. The van der Waals surface area contributed by atoms with Gasteiger partial charge >= 0.3 is 0 Å². The van der Waals surface area contributed by atoms with Crippen LogP contribution in [0.2, 0.25) is 15.1 Å². The maximum Gasteiger partial charge on any atom is 0.174 e. The second kappa shape index (κ2) is 8.09. The molecule has 106 valence electrons. The lowest BCUT2D eigenvalue weighted by atomic mass is 10.3. The van der Waals surface area contributed by atoms with Crippen molar-refractivity contribution in [2.24, 2.45) is 0 Å². The summed E-state index contributed by atoms with van der Waals surface area (Å²) in [7, 11) is 3.09. The van der Waals surface area contributed by atoms with Crippen LogP contribution in [-0.4, -0.2) is 32.2 Å². The number of hydrogen-bond donors (Lipinski definition) is 2. The predicted octanol–water partition coefficient (Wildman–Crippen LogP) is 3.55. The van der Waals surface area contributed by atoms with Gasteiger partial charge in [0.25, 0.3) is 0 Å². The van der Waals surface area contributed by atoms with E-state index >= 15 is 0 Å². The highest BCUT2D eigenvalue weighted by Gasteiger charge is 2.09. The first-order valence-corrected chi connectivity index (χ1v) is 6.77. The Balaban J connectivity index is 2.60. The third kappa shape index (κ3) is 5.30. The van der Waals surface area contributed by atoms with Crippen LogP contribution in [0.25, 0.3) is 0 Å². The molecule has 8 heteroatoms. The summed E-state index contributed by atoms with van der Waals surface area (Å²) in [4.78, 5) is 0. The molecular formula is C11H13Cl3N2O2S. The summed E-state index contributed by atoms with van der Waals surface area (Å²) in [5.74, 6) is 0. The quantitative estimate of drug-likeness (QED) is 0.486. The highest BCUT2D eigenvalue weighted by atomic mass is 35.5. The largest absolute Gasteiger partial charge is 0.357 e. The third-order valence-electron chi connectivity index (χ3n) is 2.21. The van der Waals surface area contributed by atoms with Crippen molar-refractivity contribution in [2.45, 2.75) is 6.29 Å². The fourth-order valence-corrected chi connectivity index (χ4v) is 2.01. The minimum atomic E-state index is -0.385. The summed E-state index contributed by atoms with van der Waals surface area (Å²) < 4.78 is 10.0. The van der Waals surface area contributed by atoms with Crippen LogP contribution in [0.3, 0.4) is 0 Å². The van der Waals surface area contributed by atoms with Crippen molar-refractivity contribution in [3.63, 3.8) is 0 Å². The van der Waals surface area contributed by atoms with Crippen molar-refractivity contribution in [2.75, 3.05) is 26.1 Å². The number of nitrogens with one attached hydrogen (secondary N) is 2. The number of halogens is 3. The second-order valence-corrected chi connectivity index (χ2v) is 5.11. The van der Waals surface area contributed by atoms with Crippen molar-refractivity contribution in [1.82, 2.24) is 5.32 Å². The van der Waals surface area contributed by atoms with Gasteiger partial charge in [0.05, 0.1) is 27.3 Å². The van der Waals surface area contributed by atoms with Gasteiger partial charge in [0, 0.05) is 14.2 Å². The normalized spacial score (nSPS) is 10.6. The smallest absolute Gasteiger partial charge is 0.174 e. The lowest BCUT2D eigenvalue weighted by molar-refractivity contribution is -0.0964. The van der Waals surface area contributed by atoms with Crippen molar-refractivity contribution in [3.05, 3.63) is 27.2 Å². The van der Waals surface area contributed by atoms with Crippen LogP contribution >= 0.6 is 47.0 Å². The van der Waals surface area contributed by atoms with E-state index in [1.54, 1.807) is 26.4 Å². The van der Waals surface area contributed by atoms with Crippen LogP contribution < -0.4 is 10.6 Å². The molecule has 0 aliphatic carbocycles. The Bertz CT molecular complexity index is 456. The average molecular weight is 344 g/mol. The summed E-state index contributed by atoms with van der Waals surface area (Å²) in [5, 5.41) is 7.42. The third-order valence-corrected chi connectivity index (χ3v) is 3.49. The first-order valence-electron chi connectivity index (χ1n) is 5.23. The molecule has 1 aromatic carbocycles. The SMILES string of the molecule is COC(CNC(=S)Nc1cc(Cl)c(Cl)cc1Cl)OC. The van der Waals surface area contributed by atoms with E-state index in [-0.39, 0.29) is 6.29 Å². The first-order chi connectivity index (χ1) is 8.97. The maximum atomic E-state index is 6.02. The van der Waals surface area contributed by atoms with E-state index in [0.717, 1.165) is 0 Å². The van der Waals surface area contributed by atoms with Crippen molar-refractivity contribution in [1.29, 1.82) is 0 Å². The van der Waals surface area contributed by atoms with Gasteiger partial charge in [-0.2, -0.15) is 0 Å². The molecule has 1 aromatic rings. The molecule has 0 amide bonds. The molecule has 0 spiro atoms. The molecule has 0 aliphatic heterocycles. The van der Waals surface area contributed by atoms with E-state index < -0.39 is 0 Å². The lowest BCUT2D eigenvalue weighted by Gasteiger charge is -2.16. The van der Waals surface area contributed by atoms with Gasteiger partial charge in [-0.3, -0.25) is 0 Å². The molecule has 0 unspecified atom stereocenters. The van der Waals surface area contributed by atoms with E-state index in [1.165, 1.54) is 0 Å².